The van der Waals surface area contributed by atoms with E-state index in [-0.39, 0.29) is 18.1 Å². The van der Waals surface area contributed by atoms with Crippen molar-refractivity contribution in [3.8, 4) is 0 Å². The van der Waals surface area contributed by atoms with Gasteiger partial charge in [0.25, 0.3) is 0 Å². The van der Waals surface area contributed by atoms with Gasteiger partial charge in [-0.1, -0.05) is 0 Å². The molecule has 0 aromatic carbocycles. The van der Waals surface area contributed by atoms with E-state index in [9.17, 15) is 4.79 Å². The Balaban J connectivity index is 2.18. The molecule has 0 bridgehead atoms. The standard InChI is InChI=1S/C6H10N4O/c7-5-3-8-6(11)4-1-2-9-10(4)5/h2,4-5H,1,3,7H2,(H,8,11). The number of hydrogen-bond donors (Lipinski definition) is 2. The smallest absolute Gasteiger partial charge is 0.245 e. The zero-order valence-electron chi connectivity index (χ0n) is 6.03. The van der Waals surface area contributed by atoms with Gasteiger partial charge in [0.1, 0.15) is 12.2 Å². The summed E-state index contributed by atoms with van der Waals surface area (Å²) < 4.78 is 0. The summed E-state index contributed by atoms with van der Waals surface area (Å²) in [4.78, 5) is 11.1. The molecular weight excluding hydrogens is 144 g/mol. The number of amides is 1. The monoisotopic (exact) mass is 154 g/mol. The van der Waals surface area contributed by atoms with E-state index in [1.165, 1.54) is 0 Å². The summed E-state index contributed by atoms with van der Waals surface area (Å²) in [7, 11) is 0. The fourth-order valence-electron chi connectivity index (χ4n) is 1.39. The van der Waals surface area contributed by atoms with Crippen LogP contribution in [0, 0.1) is 0 Å². The van der Waals surface area contributed by atoms with E-state index >= 15 is 0 Å². The molecule has 2 aliphatic heterocycles. The number of rotatable bonds is 0. The molecule has 1 saturated heterocycles. The Labute approximate surface area is 64.2 Å². The van der Waals surface area contributed by atoms with Crippen LogP contribution >= 0.6 is 0 Å². The lowest BCUT2D eigenvalue weighted by molar-refractivity contribution is -0.129. The van der Waals surface area contributed by atoms with Crippen LogP contribution < -0.4 is 11.1 Å². The first-order valence-electron chi connectivity index (χ1n) is 3.63. The lowest BCUT2D eigenvalue weighted by Crippen LogP contribution is -2.60. The highest BCUT2D eigenvalue weighted by Crippen LogP contribution is 2.15. The highest BCUT2D eigenvalue weighted by atomic mass is 16.2. The summed E-state index contributed by atoms with van der Waals surface area (Å²) in [6.45, 7) is 0.493. The normalized spacial score (nSPS) is 35.4. The van der Waals surface area contributed by atoms with Crippen molar-refractivity contribution in [3.05, 3.63) is 0 Å². The lowest BCUT2D eigenvalue weighted by atomic mass is 10.1. The van der Waals surface area contributed by atoms with Crippen LogP contribution in [0.4, 0.5) is 0 Å². The summed E-state index contributed by atoms with van der Waals surface area (Å²) in [5.41, 5.74) is 5.68. The maximum absolute atomic E-state index is 11.1. The molecule has 0 saturated carbocycles. The molecule has 1 amide bonds. The van der Waals surface area contributed by atoms with Crippen molar-refractivity contribution >= 4 is 12.1 Å². The molecule has 0 aromatic rings. The minimum atomic E-state index is -0.156. The predicted molar refractivity (Wildman–Crippen MR) is 39.7 cm³/mol. The van der Waals surface area contributed by atoms with Crippen molar-refractivity contribution in [2.45, 2.75) is 18.6 Å². The Bertz CT molecular complexity index is 215. The van der Waals surface area contributed by atoms with Gasteiger partial charge in [0.05, 0.1) is 6.54 Å². The van der Waals surface area contributed by atoms with Crippen molar-refractivity contribution in [1.82, 2.24) is 10.3 Å². The average molecular weight is 154 g/mol. The molecule has 2 aliphatic rings. The van der Waals surface area contributed by atoms with Crippen molar-refractivity contribution < 1.29 is 4.79 Å². The number of hydrazone groups is 1. The van der Waals surface area contributed by atoms with Crippen LogP contribution in [-0.4, -0.2) is 35.9 Å². The molecule has 0 spiro atoms. The molecule has 2 heterocycles. The number of piperazine rings is 1. The number of carbonyl (C=O) groups is 1. The lowest BCUT2D eigenvalue weighted by Gasteiger charge is -2.33. The van der Waals surface area contributed by atoms with Gasteiger partial charge >= 0.3 is 0 Å². The van der Waals surface area contributed by atoms with Crippen molar-refractivity contribution in [3.63, 3.8) is 0 Å². The molecular formula is C6H10N4O. The molecule has 3 N–H and O–H groups in total. The van der Waals surface area contributed by atoms with Crippen LogP contribution in [0.3, 0.4) is 0 Å². The van der Waals surface area contributed by atoms with Gasteiger partial charge in [0.2, 0.25) is 5.91 Å². The molecule has 1 fully saturated rings. The van der Waals surface area contributed by atoms with Crippen molar-refractivity contribution in [2.24, 2.45) is 10.8 Å². The van der Waals surface area contributed by atoms with Crippen LogP contribution in [0.2, 0.25) is 0 Å². The highest BCUT2D eigenvalue weighted by Gasteiger charge is 2.35. The minimum absolute atomic E-state index is 0.0317. The fourth-order valence-corrected chi connectivity index (χ4v) is 1.39. The molecule has 2 rings (SSSR count). The third-order valence-electron chi connectivity index (χ3n) is 1.99. The Morgan fingerprint density at radius 3 is 3.36 bits per heavy atom. The second-order valence-corrected chi connectivity index (χ2v) is 2.74. The molecule has 11 heavy (non-hydrogen) atoms. The molecule has 60 valence electrons. The number of fused-ring (bicyclic) bond motifs is 1. The molecule has 5 heteroatoms. The van der Waals surface area contributed by atoms with Gasteiger partial charge in [0, 0.05) is 12.6 Å². The average Bonchev–Trinajstić information content (AvgIpc) is 2.45. The van der Waals surface area contributed by atoms with E-state index < -0.39 is 0 Å². The Hall–Kier alpha value is -1.10. The third kappa shape index (κ3) is 0.883. The number of nitrogens with one attached hydrogen (secondary N) is 1. The third-order valence-corrected chi connectivity index (χ3v) is 1.99. The summed E-state index contributed by atoms with van der Waals surface area (Å²) >= 11 is 0. The van der Waals surface area contributed by atoms with Gasteiger partial charge in [-0.15, -0.1) is 0 Å². The minimum Gasteiger partial charge on any atom is -0.351 e. The van der Waals surface area contributed by atoms with Crippen LogP contribution in [0.1, 0.15) is 6.42 Å². The van der Waals surface area contributed by atoms with E-state index in [2.05, 4.69) is 10.4 Å². The van der Waals surface area contributed by atoms with E-state index in [0.29, 0.717) is 13.0 Å². The van der Waals surface area contributed by atoms with Crippen LogP contribution in [0.15, 0.2) is 5.10 Å². The quantitative estimate of drug-likeness (QED) is 0.444. The topological polar surface area (TPSA) is 70.7 Å². The molecule has 0 aliphatic carbocycles. The van der Waals surface area contributed by atoms with E-state index in [1.54, 1.807) is 11.2 Å². The van der Waals surface area contributed by atoms with Gasteiger partial charge in [-0.25, -0.2) is 0 Å². The maximum atomic E-state index is 11.1. The largest absolute Gasteiger partial charge is 0.351 e. The van der Waals surface area contributed by atoms with Gasteiger partial charge in [-0.2, -0.15) is 5.10 Å². The summed E-state index contributed by atoms with van der Waals surface area (Å²) in [6, 6.07) is -0.154. The van der Waals surface area contributed by atoms with Gasteiger partial charge in [-0.05, 0) is 0 Å². The predicted octanol–water partition coefficient (Wildman–Crippen LogP) is -1.54. The number of nitrogens with two attached hydrogens (primary N) is 1. The van der Waals surface area contributed by atoms with E-state index in [4.69, 9.17) is 5.73 Å². The van der Waals surface area contributed by atoms with Crippen LogP contribution in [0.25, 0.3) is 0 Å². The van der Waals surface area contributed by atoms with E-state index in [1.807, 2.05) is 0 Å². The zero-order chi connectivity index (χ0) is 7.84. The summed E-state index contributed by atoms with van der Waals surface area (Å²) in [5.74, 6) is 0.0317. The van der Waals surface area contributed by atoms with Crippen LogP contribution in [-0.2, 0) is 4.79 Å². The van der Waals surface area contributed by atoms with Gasteiger partial charge in [-0.3, -0.25) is 9.80 Å². The van der Waals surface area contributed by atoms with Crippen molar-refractivity contribution in [2.75, 3.05) is 6.54 Å². The SMILES string of the molecule is NC1CNC(=O)C2CC=NN12. The first-order valence-corrected chi connectivity index (χ1v) is 3.63. The maximum Gasteiger partial charge on any atom is 0.245 e. The van der Waals surface area contributed by atoms with Gasteiger partial charge in [0.15, 0.2) is 0 Å². The zero-order valence-corrected chi connectivity index (χ0v) is 6.03. The molecule has 5 nitrogen and oxygen atoms in total. The van der Waals surface area contributed by atoms with E-state index in [0.717, 1.165) is 0 Å². The molecule has 0 aromatic heterocycles. The molecule has 0 radical (unpaired) electrons. The number of hydrogen-bond acceptors (Lipinski definition) is 4. The molecule has 2 unspecified atom stereocenters. The first kappa shape index (κ1) is 6.60. The Kier molecular flexibility index (Phi) is 1.32. The fraction of sp³-hybridized carbons (Fsp3) is 0.667. The van der Waals surface area contributed by atoms with Crippen LogP contribution in [0.5, 0.6) is 0 Å². The molecule has 2 atom stereocenters. The Morgan fingerprint density at radius 1 is 1.82 bits per heavy atom. The Morgan fingerprint density at radius 2 is 2.64 bits per heavy atom. The summed E-state index contributed by atoms with van der Waals surface area (Å²) in [5, 5.41) is 8.39. The number of nitrogens with zero attached hydrogens (tertiary/aromatic N) is 2. The van der Waals surface area contributed by atoms with Gasteiger partial charge < -0.3 is 11.1 Å². The van der Waals surface area contributed by atoms with Crippen molar-refractivity contribution in [1.29, 1.82) is 0 Å². The second kappa shape index (κ2) is 2.20. The number of carbonyl (C=O) groups excluding carboxylic acids is 1. The first-order chi connectivity index (χ1) is 5.29. The summed E-state index contributed by atoms with van der Waals surface area (Å²) in [6.07, 6.45) is 2.26. The highest BCUT2D eigenvalue weighted by molar-refractivity contribution is 5.86. The second-order valence-electron chi connectivity index (χ2n) is 2.74.